The minimum atomic E-state index is -1.09. The highest BCUT2D eigenvalue weighted by Crippen LogP contribution is 2.24. The van der Waals surface area contributed by atoms with Gasteiger partial charge in [0.2, 0.25) is 0 Å². The second-order valence-electron chi connectivity index (χ2n) is 3.46. The summed E-state index contributed by atoms with van der Waals surface area (Å²) in [4.78, 5) is 23.2. The van der Waals surface area contributed by atoms with E-state index < -0.39 is 17.9 Å². The van der Waals surface area contributed by atoms with Gasteiger partial charge in [-0.05, 0) is 11.4 Å². The van der Waals surface area contributed by atoms with Crippen molar-refractivity contribution < 1.29 is 24.2 Å². The van der Waals surface area contributed by atoms with Crippen LogP contribution in [0.5, 0.6) is 5.75 Å². The topological polar surface area (TPSA) is 84.9 Å². The summed E-state index contributed by atoms with van der Waals surface area (Å²) in [7, 11) is 2.93. The predicted octanol–water partition coefficient (Wildman–Crippen LogP) is 0.976. The molecule has 0 radical (unpaired) electrons. The van der Waals surface area contributed by atoms with E-state index in [-0.39, 0.29) is 13.0 Å². The van der Waals surface area contributed by atoms with Crippen LogP contribution in [-0.2, 0) is 9.53 Å². The molecular weight excluding hydrogens is 258 g/mol. The molecule has 100 valence electrons. The predicted molar refractivity (Wildman–Crippen MR) is 66.3 cm³/mol. The molecule has 0 aliphatic carbocycles. The first kappa shape index (κ1) is 14.5. The first-order valence-electron chi connectivity index (χ1n) is 5.24. The highest BCUT2D eigenvalue weighted by Gasteiger charge is 2.22. The number of ether oxygens (including phenoxy) is 2. The lowest BCUT2D eigenvalue weighted by atomic mass is 10.2. The third-order valence-electron chi connectivity index (χ3n) is 2.27. The summed E-state index contributed by atoms with van der Waals surface area (Å²) in [5.41, 5.74) is 0. The van der Waals surface area contributed by atoms with Crippen LogP contribution in [0.2, 0.25) is 0 Å². The Balaban J connectivity index is 2.69. The number of amides is 1. The third kappa shape index (κ3) is 3.71. The smallest absolute Gasteiger partial charge is 0.326 e. The number of carbonyl (C=O) groups excluding carboxylic acids is 1. The van der Waals surface area contributed by atoms with Crippen LogP contribution < -0.4 is 10.1 Å². The Hall–Kier alpha value is -1.60. The van der Waals surface area contributed by atoms with E-state index in [2.05, 4.69) is 5.32 Å². The van der Waals surface area contributed by atoms with Crippen molar-refractivity contribution >= 4 is 23.2 Å². The van der Waals surface area contributed by atoms with Gasteiger partial charge in [0.1, 0.15) is 16.7 Å². The van der Waals surface area contributed by atoms with Crippen molar-refractivity contribution in [1.82, 2.24) is 5.32 Å². The summed E-state index contributed by atoms with van der Waals surface area (Å²) in [6.45, 7) is 0.263. The molecule has 0 aliphatic heterocycles. The molecule has 0 saturated carbocycles. The van der Waals surface area contributed by atoms with Crippen LogP contribution >= 0.6 is 11.3 Å². The number of carboxylic acid groups (broad SMARTS) is 1. The maximum atomic E-state index is 11.9. The van der Waals surface area contributed by atoms with Gasteiger partial charge in [0, 0.05) is 20.1 Å². The zero-order chi connectivity index (χ0) is 13.5. The lowest BCUT2D eigenvalue weighted by Gasteiger charge is -2.13. The number of carboxylic acids is 1. The molecule has 0 fully saturated rings. The Labute approximate surface area is 109 Å². The highest BCUT2D eigenvalue weighted by molar-refractivity contribution is 7.12. The average molecular weight is 273 g/mol. The zero-order valence-electron chi connectivity index (χ0n) is 10.1. The van der Waals surface area contributed by atoms with Crippen molar-refractivity contribution in [3.8, 4) is 5.75 Å². The van der Waals surface area contributed by atoms with Crippen molar-refractivity contribution in [3.63, 3.8) is 0 Å². The molecule has 7 heteroatoms. The van der Waals surface area contributed by atoms with Crippen LogP contribution in [0.15, 0.2) is 11.4 Å². The Bertz CT molecular complexity index is 417. The second kappa shape index (κ2) is 6.97. The normalized spacial score (nSPS) is 11.9. The molecule has 18 heavy (non-hydrogen) atoms. The van der Waals surface area contributed by atoms with E-state index >= 15 is 0 Å². The van der Waals surface area contributed by atoms with Gasteiger partial charge >= 0.3 is 5.97 Å². The largest absolute Gasteiger partial charge is 0.495 e. The molecule has 0 aromatic carbocycles. The van der Waals surface area contributed by atoms with Gasteiger partial charge in [-0.1, -0.05) is 0 Å². The molecule has 1 heterocycles. The lowest BCUT2D eigenvalue weighted by Crippen LogP contribution is -2.41. The number of nitrogens with one attached hydrogen (secondary N) is 1. The Kier molecular flexibility index (Phi) is 5.60. The fraction of sp³-hybridized carbons (Fsp3) is 0.455. The maximum absolute atomic E-state index is 11.9. The molecule has 6 nitrogen and oxygen atoms in total. The molecule has 0 saturated heterocycles. The number of hydrogen-bond acceptors (Lipinski definition) is 5. The molecule has 1 aromatic heterocycles. The summed E-state index contributed by atoms with van der Waals surface area (Å²) in [6, 6.07) is 0.689. The van der Waals surface area contributed by atoms with Crippen LogP contribution in [0.25, 0.3) is 0 Å². The molecule has 1 aromatic rings. The van der Waals surface area contributed by atoms with Crippen molar-refractivity contribution in [2.75, 3.05) is 20.8 Å². The van der Waals surface area contributed by atoms with E-state index in [1.165, 1.54) is 25.6 Å². The highest BCUT2D eigenvalue weighted by atomic mass is 32.1. The van der Waals surface area contributed by atoms with Crippen molar-refractivity contribution in [2.45, 2.75) is 12.5 Å². The van der Waals surface area contributed by atoms with E-state index in [1.807, 2.05) is 0 Å². The molecule has 1 rings (SSSR count). The van der Waals surface area contributed by atoms with Crippen LogP contribution in [0, 0.1) is 0 Å². The molecule has 1 amide bonds. The monoisotopic (exact) mass is 273 g/mol. The van der Waals surface area contributed by atoms with Crippen molar-refractivity contribution in [2.24, 2.45) is 0 Å². The molecule has 1 unspecified atom stereocenters. The number of carbonyl (C=O) groups is 2. The van der Waals surface area contributed by atoms with Gasteiger partial charge in [0.05, 0.1) is 7.11 Å². The third-order valence-corrected chi connectivity index (χ3v) is 3.16. The van der Waals surface area contributed by atoms with E-state index in [4.69, 9.17) is 14.6 Å². The number of aliphatic carboxylic acids is 1. The first-order chi connectivity index (χ1) is 8.60. The van der Waals surface area contributed by atoms with Crippen LogP contribution in [-0.4, -0.2) is 43.9 Å². The molecule has 2 N–H and O–H groups in total. The summed E-state index contributed by atoms with van der Waals surface area (Å²) in [5.74, 6) is -1.10. The minimum absolute atomic E-state index is 0.214. The summed E-state index contributed by atoms with van der Waals surface area (Å²) in [6.07, 6.45) is 0.214. The summed E-state index contributed by atoms with van der Waals surface area (Å²) < 4.78 is 9.81. The van der Waals surface area contributed by atoms with Gasteiger partial charge in [-0.25, -0.2) is 4.79 Å². The average Bonchev–Trinajstić information content (AvgIpc) is 2.82. The van der Waals surface area contributed by atoms with Crippen LogP contribution in [0.3, 0.4) is 0 Å². The van der Waals surface area contributed by atoms with Gasteiger partial charge in [-0.3, -0.25) is 4.79 Å². The number of methoxy groups -OCH3 is 2. The number of rotatable bonds is 7. The Morgan fingerprint density at radius 1 is 1.50 bits per heavy atom. The summed E-state index contributed by atoms with van der Waals surface area (Å²) >= 11 is 1.20. The maximum Gasteiger partial charge on any atom is 0.326 e. The zero-order valence-corrected chi connectivity index (χ0v) is 11.0. The Morgan fingerprint density at radius 3 is 2.78 bits per heavy atom. The van der Waals surface area contributed by atoms with E-state index in [9.17, 15) is 9.59 Å². The number of thiophene rings is 1. The quantitative estimate of drug-likeness (QED) is 0.773. The SMILES string of the molecule is COCCC(NC(=O)c1sccc1OC)C(=O)O. The van der Waals surface area contributed by atoms with Gasteiger partial charge in [0.25, 0.3) is 5.91 Å². The van der Waals surface area contributed by atoms with Gasteiger partial charge in [-0.15, -0.1) is 11.3 Å². The van der Waals surface area contributed by atoms with Gasteiger partial charge in [0.15, 0.2) is 0 Å². The molecule has 0 bridgehead atoms. The molecule has 0 aliphatic rings. The van der Waals surface area contributed by atoms with E-state index in [0.717, 1.165) is 0 Å². The standard InChI is InChI=1S/C11H15NO5S/c1-16-5-3-7(11(14)15)12-10(13)9-8(17-2)4-6-18-9/h4,6-7H,3,5H2,1-2H3,(H,12,13)(H,14,15). The van der Waals surface area contributed by atoms with Crippen LogP contribution in [0.1, 0.15) is 16.1 Å². The van der Waals surface area contributed by atoms with Gasteiger partial charge in [-0.2, -0.15) is 0 Å². The van der Waals surface area contributed by atoms with Crippen molar-refractivity contribution in [1.29, 1.82) is 0 Å². The van der Waals surface area contributed by atoms with Crippen molar-refractivity contribution in [3.05, 3.63) is 16.3 Å². The summed E-state index contributed by atoms with van der Waals surface area (Å²) in [5, 5.41) is 13.1. The molecule has 1 atom stereocenters. The van der Waals surface area contributed by atoms with E-state index in [1.54, 1.807) is 11.4 Å². The first-order valence-corrected chi connectivity index (χ1v) is 6.12. The van der Waals surface area contributed by atoms with Crippen LogP contribution in [0.4, 0.5) is 0 Å². The second-order valence-corrected chi connectivity index (χ2v) is 4.38. The lowest BCUT2D eigenvalue weighted by molar-refractivity contribution is -0.139. The number of hydrogen-bond donors (Lipinski definition) is 2. The molecular formula is C11H15NO5S. The Morgan fingerprint density at radius 2 is 2.22 bits per heavy atom. The minimum Gasteiger partial charge on any atom is -0.495 e. The molecule has 0 spiro atoms. The van der Waals surface area contributed by atoms with Gasteiger partial charge < -0.3 is 19.9 Å². The fourth-order valence-electron chi connectivity index (χ4n) is 1.34. The fourth-order valence-corrected chi connectivity index (χ4v) is 2.10. The van der Waals surface area contributed by atoms with E-state index in [0.29, 0.717) is 10.6 Å².